The number of benzene rings is 6. The van der Waals surface area contributed by atoms with Gasteiger partial charge in [0.25, 0.3) is 53.2 Å². The van der Waals surface area contributed by atoms with Gasteiger partial charge in [0.1, 0.15) is 71.5 Å². The number of aliphatic hydroxyl groups is 2. The lowest BCUT2D eigenvalue weighted by Gasteiger charge is -2.27. The normalized spacial score (nSPS) is 17.7. The van der Waals surface area contributed by atoms with Crippen molar-refractivity contribution in [3.05, 3.63) is 189 Å². The summed E-state index contributed by atoms with van der Waals surface area (Å²) < 4.78 is 120. The third-order valence-electron chi connectivity index (χ3n) is 22.0. The monoisotopic (exact) mass is 1960 g/mol. The maximum absolute atomic E-state index is 13.5. The Kier molecular flexibility index (Phi) is 40.5. The second-order valence-corrected chi connectivity index (χ2v) is 31.4. The molecule has 2 aromatic heterocycles. The van der Waals surface area contributed by atoms with Crippen LogP contribution in [0.5, 0.6) is 11.5 Å². The van der Waals surface area contributed by atoms with Crippen molar-refractivity contribution in [3.63, 3.8) is 0 Å². The molecule has 6 aliphatic rings. The van der Waals surface area contributed by atoms with E-state index in [1.807, 2.05) is 0 Å². The molecule has 2 unspecified atom stereocenters. The summed E-state index contributed by atoms with van der Waals surface area (Å²) >= 11 is 0. The van der Waals surface area contributed by atoms with Crippen molar-refractivity contribution in [2.45, 2.75) is 82.3 Å². The molecule has 6 aromatic carbocycles. The molecular weight excluding hydrogens is 1860 g/mol. The summed E-state index contributed by atoms with van der Waals surface area (Å²) in [4.78, 5) is 185. The number of anilines is 2. The van der Waals surface area contributed by atoms with E-state index in [1.165, 1.54) is 28.0 Å². The summed E-state index contributed by atoms with van der Waals surface area (Å²) in [5.41, 5.74) is 3.60. The topological polar surface area (TPSA) is 541 Å². The van der Waals surface area contributed by atoms with Crippen molar-refractivity contribution in [3.8, 4) is 11.5 Å². The van der Waals surface area contributed by atoms with Gasteiger partial charge in [-0.1, -0.05) is 19.6 Å². The van der Waals surface area contributed by atoms with Crippen LogP contribution in [-0.4, -0.2) is 313 Å². The number of aromatic nitrogens is 2. The van der Waals surface area contributed by atoms with Gasteiger partial charge in [-0.2, -0.15) is 13.5 Å². The smallest absolute Gasteiger partial charge is 0.352 e. The van der Waals surface area contributed by atoms with Gasteiger partial charge in [-0.05, 0) is 121 Å². The van der Waals surface area contributed by atoms with E-state index in [0.29, 0.717) is 158 Å². The van der Waals surface area contributed by atoms with Gasteiger partial charge in [0.05, 0.1) is 154 Å². The van der Waals surface area contributed by atoms with Crippen molar-refractivity contribution >= 4 is 129 Å². The van der Waals surface area contributed by atoms with Gasteiger partial charge in [-0.25, -0.2) is 22.4 Å². The average molecular weight is 1970 g/mol. The molecule has 14 rings (SSSR count). The molecule has 4 saturated heterocycles. The molecule has 0 spiro atoms. The Morgan fingerprint density at radius 1 is 0.424 bits per heavy atom. The highest BCUT2D eigenvalue weighted by atomic mass is 32.1. The Hall–Kier alpha value is -13.1. The first-order chi connectivity index (χ1) is 66.0. The number of hydrogen-bond donors (Lipinski definition) is 11. The largest absolute Gasteiger partial charge is 0.490 e. The summed E-state index contributed by atoms with van der Waals surface area (Å²) in [5, 5.41) is 43.8. The molecule has 748 valence electrons. The van der Waals surface area contributed by atoms with Crippen LogP contribution in [0.1, 0.15) is 119 Å². The molecule has 4 fully saturated rings. The zero-order valence-corrected chi connectivity index (χ0v) is 75.6. The lowest BCUT2D eigenvalue weighted by Crippen LogP contribution is -2.54. The van der Waals surface area contributed by atoms with Gasteiger partial charge in [-0.3, -0.25) is 82.8 Å². The van der Waals surface area contributed by atoms with Crippen LogP contribution in [0.15, 0.2) is 121 Å². The summed E-state index contributed by atoms with van der Waals surface area (Å²) in [7, 11) is 0. The van der Waals surface area contributed by atoms with Crippen LogP contribution in [0.4, 0.5) is 28.9 Å². The van der Waals surface area contributed by atoms with E-state index >= 15 is 0 Å². The molecule has 4 atom stereocenters. The molecule has 13 amide bonds. The fourth-order valence-corrected chi connectivity index (χ4v) is 15.2. The number of carboxylic acid groups (broad SMARTS) is 1. The number of ether oxygens (including phenoxy) is 12. The highest BCUT2D eigenvalue weighted by Gasteiger charge is 2.54. The predicted octanol–water partition coefficient (Wildman–Crippen LogP) is 3.71. The second kappa shape index (κ2) is 52.1. The number of H-pyrrole nitrogens is 2. The first-order valence-corrected chi connectivity index (χ1v) is 43.8. The number of halogens is 4. The third-order valence-corrected chi connectivity index (χ3v) is 22.0. The number of amides is 13. The molecule has 0 aliphatic carbocycles. The van der Waals surface area contributed by atoms with Crippen LogP contribution < -0.4 is 51.6 Å². The minimum Gasteiger partial charge on any atom is -0.490 e. The average Bonchev–Trinajstić information content (AvgIpc) is 1.52. The lowest BCUT2D eigenvalue weighted by molar-refractivity contribution is -0.150. The van der Waals surface area contributed by atoms with E-state index in [-0.39, 0.29) is 194 Å². The maximum atomic E-state index is 13.5. The fourth-order valence-electron chi connectivity index (χ4n) is 15.2. The maximum Gasteiger partial charge on any atom is 0.352 e. The minimum absolute atomic E-state index is 0. The van der Waals surface area contributed by atoms with E-state index in [4.69, 9.17) is 67.7 Å². The number of aromatic amines is 2. The van der Waals surface area contributed by atoms with E-state index < -0.39 is 123 Å². The number of nitrogens with zero attached hydrogens (tertiary/aromatic N) is 4. The summed E-state index contributed by atoms with van der Waals surface area (Å²) in [6.07, 6.45) is -0.146. The number of aromatic carboxylic acids is 1. The van der Waals surface area contributed by atoms with Crippen LogP contribution in [0.25, 0.3) is 21.8 Å². The van der Waals surface area contributed by atoms with Gasteiger partial charge < -0.3 is 114 Å². The number of fused-ring (bicyclic) bond motifs is 4. The standard InChI is InChI=1S/C46H50F2N6O14.C25H35N3O10.C21H17F2N3O5.CH4.H2S/c47-30-22-28(23-31(48)26-30)27-50-44(60)46(62)8-10-53(45(46)61)32-4-5-34-29(24-32)25-35(51-34)40(56)49-9-11-63-12-13-64-14-15-65-16-17-66-18-19-67-20-21-68-37-3-1-2-33-39(37)43(59)54(42(33)58)36-6-7-38(55)52-41(36)57;26-6-7-33-8-9-34-10-11-35-12-13-36-14-15-37-16-17-38-20-3-1-2-18-22(20)25(32)28(24(18)31)19-4-5-21(29)27-23(19)30;22-13-5-11(6-14(23)9-13)10-24-19(29)21(31)3-4-26(20(21)30)15-1-2-16-12(7-15)8-17(25-16)18(27)28;;/h1-5,22-26,36,51,62H,6-21,27H2,(H,49,56)(H,50,60)(H,52,55,57);1-3,19H,4-17,26H2,(H,27,29,30);1-2,5-9,25,31H,3-4,10H2,(H,24,29)(H,27,28);1H4;1H2/t36?,46-;;21-;;/m0.0../s1. The molecule has 139 heavy (non-hydrogen) atoms. The number of hydrogen-bond acceptors (Lipinski definition) is 29. The third kappa shape index (κ3) is 28.4. The van der Waals surface area contributed by atoms with E-state index in [0.717, 1.165) is 34.1 Å². The van der Waals surface area contributed by atoms with E-state index in [1.54, 1.807) is 66.7 Å². The first-order valence-electron chi connectivity index (χ1n) is 43.8. The molecule has 8 aromatic rings. The van der Waals surface area contributed by atoms with Gasteiger partial charge in [-0.15, -0.1) is 0 Å². The number of carbonyl (C=O) groups excluding carboxylic acids is 13. The summed E-state index contributed by atoms with van der Waals surface area (Å²) in [6, 6.07) is 25.5. The number of carboxylic acids is 1. The van der Waals surface area contributed by atoms with Crippen molar-refractivity contribution in [2.75, 3.05) is 181 Å². The Balaban J connectivity index is 0.000000236. The van der Waals surface area contributed by atoms with Crippen molar-refractivity contribution in [2.24, 2.45) is 5.73 Å². The number of imide groups is 4. The Morgan fingerprint density at radius 3 is 1.13 bits per heavy atom. The molecule has 8 heterocycles. The van der Waals surface area contributed by atoms with E-state index in [2.05, 4.69) is 36.6 Å². The van der Waals surface area contributed by atoms with Gasteiger partial charge in [0, 0.05) is 110 Å². The van der Waals surface area contributed by atoms with Crippen LogP contribution in [0.3, 0.4) is 0 Å². The number of carbonyl (C=O) groups is 14. The first kappa shape index (κ1) is 108. The zero-order chi connectivity index (χ0) is 97.7. The molecule has 0 bridgehead atoms. The van der Waals surface area contributed by atoms with Crippen LogP contribution >= 0.6 is 13.5 Å². The SMILES string of the molecule is C.NCCOCCOCCOCCOCCOCCOc1cccc2c1C(=O)N(C1CCC(=O)NC1=O)C2=O.O=C(O)c1cc2cc(N3CC[C@](O)(C(=O)NCc4cc(F)cc(F)c4)C3=O)ccc2[nH]1.O=C1CCC(N2C(=O)c3cccc(OCCOCCOCCOCCOCCOCCNC(=O)c4cc5cc(N6CC[C@](O)(C(=O)NCc7cc(F)cc(F)c7)C6=O)ccc5[nH]4)c3C2=O)C(=O)N1.S. The number of rotatable bonds is 49. The van der Waals surface area contributed by atoms with Crippen molar-refractivity contribution in [1.29, 1.82) is 0 Å². The van der Waals surface area contributed by atoms with Crippen LogP contribution in [0.2, 0.25) is 0 Å². The summed E-state index contributed by atoms with van der Waals surface area (Å²) in [6.45, 7) is 7.85. The number of nitrogens with two attached hydrogens (primary N) is 1. The molecule has 46 heteroatoms. The van der Waals surface area contributed by atoms with Gasteiger partial charge in [0.2, 0.25) is 34.8 Å². The Morgan fingerprint density at radius 2 is 0.770 bits per heavy atom. The molecule has 6 aliphatic heterocycles. The van der Waals surface area contributed by atoms with Crippen molar-refractivity contribution < 1.29 is 157 Å². The molecule has 0 saturated carbocycles. The van der Waals surface area contributed by atoms with E-state index in [9.17, 15) is 94.9 Å². The Labute approximate surface area is 799 Å². The highest BCUT2D eigenvalue weighted by molar-refractivity contribution is 7.59. The highest BCUT2D eigenvalue weighted by Crippen LogP contribution is 2.38. The number of nitrogens with one attached hydrogen (secondary N) is 7. The quantitative estimate of drug-likeness (QED) is 0.0112. The van der Waals surface area contributed by atoms with Gasteiger partial charge >= 0.3 is 5.97 Å². The second-order valence-electron chi connectivity index (χ2n) is 31.4. The van der Waals surface area contributed by atoms with Crippen LogP contribution in [0, 0.1) is 23.3 Å². The molecule has 41 nitrogen and oxygen atoms in total. The van der Waals surface area contributed by atoms with Gasteiger partial charge in [0.15, 0.2) is 0 Å². The lowest BCUT2D eigenvalue weighted by atomic mass is 10.0. The molecular formula is C93H108F4N12O29S. The predicted molar refractivity (Wildman–Crippen MR) is 488 cm³/mol. The zero-order valence-electron chi connectivity index (χ0n) is 74.6. The van der Waals surface area contributed by atoms with Crippen molar-refractivity contribution in [1.82, 2.24) is 46.4 Å². The Bertz CT molecular complexity index is 5710. The fraction of sp³-hybridized carbons (Fsp3) is 0.419. The van der Waals surface area contributed by atoms with Crippen LogP contribution in [-0.2, 0) is 98.8 Å². The molecule has 0 radical (unpaired) electrons. The minimum atomic E-state index is -2.37. The number of piperidine rings is 2. The summed E-state index contributed by atoms with van der Waals surface area (Å²) in [5.74, 6) is -12.7. The molecule has 12 N–H and O–H groups in total.